The van der Waals surface area contributed by atoms with Gasteiger partial charge >= 0.3 is 5.97 Å². The monoisotopic (exact) mass is 251 g/mol. The molecule has 1 rings (SSSR count). The summed E-state index contributed by atoms with van der Waals surface area (Å²) in [4.78, 5) is 11.7. The normalized spacial score (nSPS) is 13.2. The molecule has 0 radical (unpaired) electrons. The molecule has 0 spiro atoms. The van der Waals surface area contributed by atoms with E-state index in [-0.39, 0.29) is 5.97 Å². The van der Waals surface area contributed by atoms with E-state index in [0.29, 0.717) is 12.3 Å². The van der Waals surface area contributed by atoms with Crippen molar-refractivity contribution in [3.63, 3.8) is 0 Å². The SMILES string of the molecule is CNCC(O)c1ccc(OC(=O)C(C)(C)C)cc1. The van der Waals surface area contributed by atoms with E-state index in [4.69, 9.17) is 4.74 Å². The lowest BCUT2D eigenvalue weighted by Gasteiger charge is -2.16. The Morgan fingerprint density at radius 1 is 1.33 bits per heavy atom. The predicted molar refractivity (Wildman–Crippen MR) is 70.4 cm³/mol. The molecule has 0 bridgehead atoms. The minimum atomic E-state index is -0.553. The topological polar surface area (TPSA) is 58.6 Å². The lowest BCUT2D eigenvalue weighted by molar-refractivity contribution is -0.142. The Morgan fingerprint density at radius 2 is 1.89 bits per heavy atom. The number of benzene rings is 1. The second kappa shape index (κ2) is 5.98. The number of hydrogen-bond acceptors (Lipinski definition) is 4. The van der Waals surface area contributed by atoms with E-state index in [1.54, 1.807) is 52.1 Å². The third kappa shape index (κ3) is 4.13. The maximum atomic E-state index is 11.7. The van der Waals surface area contributed by atoms with Crippen molar-refractivity contribution in [2.45, 2.75) is 26.9 Å². The third-order valence-electron chi connectivity index (χ3n) is 2.49. The summed E-state index contributed by atoms with van der Waals surface area (Å²) in [5.41, 5.74) is 0.268. The molecule has 2 N–H and O–H groups in total. The predicted octanol–water partition coefficient (Wildman–Crippen LogP) is 1.89. The van der Waals surface area contributed by atoms with Crippen molar-refractivity contribution in [3.8, 4) is 5.75 Å². The zero-order chi connectivity index (χ0) is 13.8. The highest BCUT2D eigenvalue weighted by Gasteiger charge is 2.23. The molecule has 1 aromatic carbocycles. The van der Waals surface area contributed by atoms with Crippen molar-refractivity contribution in [3.05, 3.63) is 29.8 Å². The molecule has 1 aromatic rings. The van der Waals surface area contributed by atoms with Crippen LogP contribution in [0.15, 0.2) is 24.3 Å². The van der Waals surface area contributed by atoms with Crippen molar-refractivity contribution >= 4 is 5.97 Å². The third-order valence-corrected chi connectivity index (χ3v) is 2.49. The number of esters is 1. The average Bonchev–Trinajstić information content (AvgIpc) is 2.29. The molecular weight excluding hydrogens is 230 g/mol. The number of ether oxygens (including phenoxy) is 1. The van der Waals surface area contributed by atoms with Crippen LogP contribution in [0, 0.1) is 5.41 Å². The van der Waals surface area contributed by atoms with E-state index < -0.39 is 11.5 Å². The van der Waals surface area contributed by atoms with Crippen molar-refractivity contribution in [1.82, 2.24) is 5.32 Å². The molecule has 0 heterocycles. The quantitative estimate of drug-likeness (QED) is 0.634. The van der Waals surface area contributed by atoms with Gasteiger partial charge in [-0.15, -0.1) is 0 Å². The summed E-state index contributed by atoms with van der Waals surface area (Å²) in [6, 6.07) is 6.90. The number of rotatable bonds is 4. The van der Waals surface area contributed by atoms with Crippen LogP contribution in [0.1, 0.15) is 32.4 Å². The first-order valence-electron chi connectivity index (χ1n) is 5.99. The Labute approximate surface area is 108 Å². The second-order valence-electron chi connectivity index (χ2n) is 5.28. The summed E-state index contributed by atoms with van der Waals surface area (Å²) in [5.74, 6) is 0.223. The molecule has 0 aliphatic rings. The summed E-state index contributed by atoms with van der Waals surface area (Å²) in [7, 11) is 1.78. The van der Waals surface area contributed by atoms with Crippen molar-refractivity contribution in [2.75, 3.05) is 13.6 Å². The molecule has 1 atom stereocenters. The lowest BCUT2D eigenvalue weighted by atomic mass is 9.97. The molecular formula is C14H21NO3. The smallest absolute Gasteiger partial charge is 0.316 e. The van der Waals surface area contributed by atoms with Gasteiger partial charge in [-0.25, -0.2) is 0 Å². The summed E-state index contributed by atoms with van der Waals surface area (Å²) < 4.78 is 5.24. The lowest BCUT2D eigenvalue weighted by Crippen LogP contribution is -2.25. The molecule has 0 aliphatic carbocycles. The summed E-state index contributed by atoms with van der Waals surface area (Å²) >= 11 is 0. The summed E-state index contributed by atoms with van der Waals surface area (Å²) in [6.45, 7) is 5.91. The van der Waals surface area contributed by atoms with Crippen LogP contribution < -0.4 is 10.1 Å². The van der Waals surface area contributed by atoms with Crippen LogP contribution in [0.5, 0.6) is 5.75 Å². The van der Waals surface area contributed by atoms with Crippen LogP contribution in [0.3, 0.4) is 0 Å². The molecule has 1 unspecified atom stereocenters. The Bertz CT molecular complexity index is 392. The fourth-order valence-corrected chi connectivity index (χ4v) is 1.33. The first-order valence-corrected chi connectivity index (χ1v) is 5.99. The largest absolute Gasteiger partial charge is 0.426 e. The number of carbonyl (C=O) groups is 1. The van der Waals surface area contributed by atoms with Gasteiger partial charge < -0.3 is 15.2 Å². The van der Waals surface area contributed by atoms with Gasteiger partial charge in [0.15, 0.2) is 0 Å². The number of nitrogens with one attached hydrogen (secondary N) is 1. The first kappa shape index (κ1) is 14.7. The zero-order valence-electron chi connectivity index (χ0n) is 11.4. The summed E-state index contributed by atoms with van der Waals surface area (Å²) in [5, 5.41) is 12.6. The fraction of sp³-hybridized carbons (Fsp3) is 0.500. The van der Waals surface area contributed by atoms with Crippen LogP contribution in [0.2, 0.25) is 0 Å². The van der Waals surface area contributed by atoms with Crippen LogP contribution in [0.25, 0.3) is 0 Å². The van der Waals surface area contributed by atoms with Gasteiger partial charge in [-0.2, -0.15) is 0 Å². The molecule has 0 aliphatic heterocycles. The Hall–Kier alpha value is -1.39. The van der Waals surface area contributed by atoms with Crippen molar-refractivity contribution in [2.24, 2.45) is 5.41 Å². The Kier molecular flexibility index (Phi) is 4.87. The van der Waals surface area contributed by atoms with E-state index in [2.05, 4.69) is 5.32 Å². The van der Waals surface area contributed by atoms with Gasteiger partial charge in [-0.3, -0.25) is 4.79 Å². The maximum Gasteiger partial charge on any atom is 0.316 e. The molecule has 0 saturated heterocycles. The van der Waals surface area contributed by atoms with Crippen LogP contribution >= 0.6 is 0 Å². The maximum absolute atomic E-state index is 11.7. The van der Waals surface area contributed by atoms with Crippen LogP contribution in [0.4, 0.5) is 0 Å². The van der Waals surface area contributed by atoms with E-state index in [1.807, 2.05) is 0 Å². The van der Waals surface area contributed by atoms with E-state index in [9.17, 15) is 9.90 Å². The number of likely N-dealkylation sites (N-methyl/N-ethyl adjacent to an activating group) is 1. The van der Waals surface area contributed by atoms with E-state index in [1.165, 1.54) is 0 Å². The molecule has 18 heavy (non-hydrogen) atoms. The number of hydrogen-bond donors (Lipinski definition) is 2. The first-order chi connectivity index (χ1) is 8.34. The van der Waals surface area contributed by atoms with Gasteiger partial charge in [-0.05, 0) is 45.5 Å². The van der Waals surface area contributed by atoms with Gasteiger partial charge in [0.05, 0.1) is 11.5 Å². The van der Waals surface area contributed by atoms with Gasteiger partial charge in [0.2, 0.25) is 0 Å². The molecule has 4 heteroatoms. The van der Waals surface area contributed by atoms with Crippen molar-refractivity contribution < 1.29 is 14.6 Å². The zero-order valence-corrected chi connectivity index (χ0v) is 11.4. The van der Waals surface area contributed by atoms with Crippen LogP contribution in [-0.2, 0) is 4.79 Å². The summed E-state index contributed by atoms with van der Waals surface area (Å²) in [6.07, 6.45) is -0.553. The van der Waals surface area contributed by atoms with Gasteiger partial charge in [0.25, 0.3) is 0 Å². The van der Waals surface area contributed by atoms with E-state index >= 15 is 0 Å². The van der Waals surface area contributed by atoms with Gasteiger partial charge in [0, 0.05) is 6.54 Å². The molecule has 0 fully saturated rings. The fourth-order valence-electron chi connectivity index (χ4n) is 1.33. The minimum Gasteiger partial charge on any atom is -0.426 e. The molecule has 100 valence electrons. The van der Waals surface area contributed by atoms with Crippen LogP contribution in [-0.4, -0.2) is 24.7 Å². The molecule has 0 aromatic heterocycles. The highest BCUT2D eigenvalue weighted by atomic mass is 16.5. The average molecular weight is 251 g/mol. The van der Waals surface area contributed by atoms with Gasteiger partial charge in [0.1, 0.15) is 5.75 Å². The van der Waals surface area contributed by atoms with Gasteiger partial charge in [-0.1, -0.05) is 12.1 Å². The second-order valence-corrected chi connectivity index (χ2v) is 5.28. The molecule has 4 nitrogen and oxygen atoms in total. The Morgan fingerprint density at radius 3 is 2.33 bits per heavy atom. The highest BCUT2D eigenvalue weighted by molar-refractivity contribution is 5.77. The number of aliphatic hydroxyl groups excluding tert-OH is 1. The minimum absolute atomic E-state index is 0.272. The van der Waals surface area contributed by atoms with Crippen molar-refractivity contribution in [1.29, 1.82) is 0 Å². The standard InChI is InChI=1S/C14H21NO3/c1-14(2,3)13(17)18-11-7-5-10(6-8-11)12(16)9-15-4/h5-8,12,15-16H,9H2,1-4H3. The highest BCUT2D eigenvalue weighted by Crippen LogP contribution is 2.21. The number of carbonyl (C=O) groups excluding carboxylic acids is 1. The number of aliphatic hydroxyl groups is 1. The Balaban J connectivity index is 2.69. The molecule has 0 amide bonds. The molecule has 0 saturated carbocycles. The van der Waals surface area contributed by atoms with E-state index in [0.717, 1.165) is 5.56 Å².